The van der Waals surface area contributed by atoms with E-state index in [0.29, 0.717) is 61.6 Å². The van der Waals surface area contributed by atoms with Crippen LogP contribution < -0.4 is 29.1 Å². The van der Waals surface area contributed by atoms with Crippen LogP contribution in [0.4, 0.5) is 0 Å². The molecule has 0 bridgehead atoms. The third kappa shape index (κ3) is 11.9. The highest BCUT2D eigenvalue weighted by Crippen LogP contribution is 2.40. The SMILES string of the molecule is O=c1c(OCCOCCOCc2ccccc2)c(-c2ccc(OCc3ccccc3)c(OCc3ccccc3)c2)oc2cc(OCc3ccccc3)cc(OCc3ccccc3)c12. The van der Waals surface area contributed by atoms with Gasteiger partial charge in [-0.05, 0) is 46.0 Å². The lowest BCUT2D eigenvalue weighted by Gasteiger charge is -2.17. The van der Waals surface area contributed by atoms with E-state index in [-0.39, 0.29) is 48.9 Å². The van der Waals surface area contributed by atoms with Gasteiger partial charge in [0, 0.05) is 17.7 Å². The number of benzene rings is 7. The summed E-state index contributed by atoms with van der Waals surface area (Å²) >= 11 is 0. The fraction of sp³-hybridized carbons (Fsp3) is 0.167. The van der Waals surface area contributed by atoms with Crippen LogP contribution in [0, 0.1) is 0 Å². The Morgan fingerprint density at radius 2 is 0.841 bits per heavy atom. The second-order valence-corrected chi connectivity index (χ2v) is 14.6. The molecule has 63 heavy (non-hydrogen) atoms. The minimum atomic E-state index is -0.411. The standard InChI is InChI=1S/C54H48O9/c55-52-51-49(62-39-44-24-14-5-15-25-44)33-46(59-36-41-18-8-2-9-19-41)34-50(51)63-53(54(52)58-31-30-56-28-29-57-35-40-16-6-1-7-17-40)45-26-27-47(60-37-42-20-10-3-11-21-42)48(32-45)61-38-43-22-12-4-13-23-43/h1-27,32-34H,28-31,35-39H2. The minimum absolute atomic E-state index is 0.000839. The average molecular weight is 841 g/mol. The molecule has 0 aliphatic heterocycles. The van der Waals surface area contributed by atoms with Crippen molar-refractivity contribution in [2.45, 2.75) is 33.0 Å². The summed E-state index contributed by atoms with van der Waals surface area (Å²) in [6, 6.07) is 58.3. The summed E-state index contributed by atoms with van der Waals surface area (Å²) in [7, 11) is 0. The molecule has 0 aliphatic rings. The van der Waals surface area contributed by atoms with Crippen LogP contribution in [0.25, 0.3) is 22.3 Å². The van der Waals surface area contributed by atoms with Gasteiger partial charge in [0.1, 0.15) is 55.5 Å². The van der Waals surface area contributed by atoms with E-state index in [4.69, 9.17) is 37.6 Å². The highest BCUT2D eigenvalue weighted by atomic mass is 16.5. The molecule has 0 amide bonds. The predicted molar refractivity (Wildman–Crippen MR) is 243 cm³/mol. The Kier molecular flexibility index (Phi) is 14.8. The Morgan fingerprint density at radius 3 is 1.40 bits per heavy atom. The van der Waals surface area contributed by atoms with Gasteiger partial charge in [-0.15, -0.1) is 0 Å². The van der Waals surface area contributed by atoms with Crippen LogP contribution in [0.3, 0.4) is 0 Å². The molecule has 0 radical (unpaired) electrons. The van der Waals surface area contributed by atoms with Crippen LogP contribution in [0.5, 0.6) is 28.7 Å². The van der Waals surface area contributed by atoms with Gasteiger partial charge in [0.25, 0.3) is 0 Å². The molecule has 0 spiro atoms. The molecule has 9 nitrogen and oxygen atoms in total. The predicted octanol–water partition coefficient (Wildman–Crippen LogP) is 11.4. The molecule has 0 fully saturated rings. The van der Waals surface area contributed by atoms with Gasteiger partial charge in [0.15, 0.2) is 17.3 Å². The topological polar surface area (TPSA) is 94.8 Å². The van der Waals surface area contributed by atoms with Crippen molar-refractivity contribution in [2.75, 3.05) is 26.4 Å². The molecular formula is C54H48O9. The van der Waals surface area contributed by atoms with Crippen molar-refractivity contribution in [1.82, 2.24) is 0 Å². The van der Waals surface area contributed by atoms with Crippen LogP contribution in [0.15, 0.2) is 191 Å². The smallest absolute Gasteiger partial charge is 0.239 e. The molecule has 9 heteroatoms. The van der Waals surface area contributed by atoms with Crippen molar-refractivity contribution in [2.24, 2.45) is 0 Å². The summed E-state index contributed by atoms with van der Waals surface area (Å²) in [4.78, 5) is 14.9. The summed E-state index contributed by atoms with van der Waals surface area (Å²) in [6.45, 7) is 2.63. The van der Waals surface area contributed by atoms with Gasteiger partial charge in [-0.25, -0.2) is 0 Å². The molecule has 1 heterocycles. The maximum Gasteiger partial charge on any atom is 0.239 e. The van der Waals surface area contributed by atoms with Crippen LogP contribution in [0.2, 0.25) is 0 Å². The number of rotatable bonds is 22. The van der Waals surface area contributed by atoms with E-state index in [2.05, 4.69) is 0 Å². The molecule has 7 aromatic carbocycles. The van der Waals surface area contributed by atoms with Gasteiger partial charge in [0.05, 0.1) is 26.4 Å². The quantitative estimate of drug-likeness (QED) is 0.0618. The van der Waals surface area contributed by atoms with Gasteiger partial charge in [0.2, 0.25) is 11.2 Å². The molecule has 0 N–H and O–H groups in total. The Labute approximate surface area is 367 Å². The van der Waals surface area contributed by atoms with Gasteiger partial charge in [-0.3, -0.25) is 4.79 Å². The highest BCUT2D eigenvalue weighted by Gasteiger charge is 2.24. The van der Waals surface area contributed by atoms with E-state index in [1.807, 2.05) is 170 Å². The molecular weight excluding hydrogens is 793 g/mol. The molecule has 0 atom stereocenters. The van der Waals surface area contributed by atoms with Gasteiger partial charge in [-0.2, -0.15) is 0 Å². The van der Waals surface area contributed by atoms with Crippen molar-refractivity contribution in [1.29, 1.82) is 0 Å². The van der Waals surface area contributed by atoms with Gasteiger partial charge in [-0.1, -0.05) is 152 Å². The van der Waals surface area contributed by atoms with Gasteiger partial charge >= 0.3 is 0 Å². The second-order valence-electron chi connectivity index (χ2n) is 14.6. The zero-order valence-electron chi connectivity index (χ0n) is 34.9. The molecule has 8 aromatic rings. The minimum Gasteiger partial charge on any atom is -0.489 e. The first-order valence-corrected chi connectivity index (χ1v) is 20.9. The van der Waals surface area contributed by atoms with E-state index in [0.717, 1.165) is 27.8 Å². The highest BCUT2D eigenvalue weighted by molar-refractivity contribution is 5.89. The lowest BCUT2D eigenvalue weighted by molar-refractivity contribution is 0.0302. The number of fused-ring (bicyclic) bond motifs is 1. The molecule has 0 aliphatic carbocycles. The number of hydrogen-bond donors (Lipinski definition) is 0. The first-order valence-electron chi connectivity index (χ1n) is 20.9. The van der Waals surface area contributed by atoms with E-state index >= 15 is 0 Å². The summed E-state index contributed by atoms with van der Waals surface area (Å²) in [6.07, 6.45) is 0. The summed E-state index contributed by atoms with van der Waals surface area (Å²) in [5.41, 5.74) is 5.38. The van der Waals surface area contributed by atoms with Crippen molar-refractivity contribution < 1.29 is 37.6 Å². The molecule has 318 valence electrons. The zero-order valence-corrected chi connectivity index (χ0v) is 34.9. The zero-order chi connectivity index (χ0) is 42.9. The Balaban J connectivity index is 1.13. The fourth-order valence-electron chi connectivity index (χ4n) is 6.78. The van der Waals surface area contributed by atoms with Crippen LogP contribution in [-0.4, -0.2) is 26.4 Å². The first-order chi connectivity index (χ1) is 31.2. The third-order valence-corrected chi connectivity index (χ3v) is 10.0. The number of ether oxygens (including phenoxy) is 7. The second kappa shape index (κ2) is 22.0. The largest absolute Gasteiger partial charge is 0.489 e. The summed E-state index contributed by atoms with van der Waals surface area (Å²) in [5, 5.41) is 0.218. The van der Waals surface area contributed by atoms with Crippen molar-refractivity contribution in [3.63, 3.8) is 0 Å². The van der Waals surface area contributed by atoms with Crippen molar-refractivity contribution in [3.8, 4) is 40.1 Å². The van der Waals surface area contributed by atoms with Crippen LogP contribution in [0.1, 0.15) is 27.8 Å². The van der Waals surface area contributed by atoms with Gasteiger partial charge < -0.3 is 37.6 Å². The third-order valence-electron chi connectivity index (χ3n) is 10.0. The lowest BCUT2D eigenvalue weighted by atomic mass is 10.1. The average Bonchev–Trinajstić information content (AvgIpc) is 3.34. The molecule has 0 saturated heterocycles. The summed E-state index contributed by atoms with van der Waals surface area (Å²) in [5.74, 6) is 1.96. The van der Waals surface area contributed by atoms with Crippen LogP contribution >= 0.6 is 0 Å². The molecule has 0 saturated carbocycles. The van der Waals surface area contributed by atoms with E-state index in [1.165, 1.54) is 0 Å². The Morgan fingerprint density at radius 1 is 0.381 bits per heavy atom. The van der Waals surface area contributed by atoms with Crippen LogP contribution in [-0.2, 0) is 42.5 Å². The lowest BCUT2D eigenvalue weighted by Crippen LogP contribution is -2.16. The molecule has 8 rings (SSSR count). The monoisotopic (exact) mass is 840 g/mol. The summed E-state index contributed by atoms with van der Waals surface area (Å²) < 4.78 is 50.2. The maximum absolute atomic E-state index is 14.9. The normalized spacial score (nSPS) is 11.0. The maximum atomic E-state index is 14.9. The first kappa shape index (κ1) is 42.4. The van der Waals surface area contributed by atoms with E-state index in [1.54, 1.807) is 12.1 Å². The van der Waals surface area contributed by atoms with E-state index < -0.39 is 5.43 Å². The molecule has 0 unspecified atom stereocenters. The molecule has 1 aromatic heterocycles. The Hall–Kier alpha value is -7.33. The van der Waals surface area contributed by atoms with E-state index in [9.17, 15) is 4.79 Å². The van der Waals surface area contributed by atoms with Crippen molar-refractivity contribution >= 4 is 11.0 Å². The number of hydrogen-bond acceptors (Lipinski definition) is 9. The van der Waals surface area contributed by atoms with Crippen molar-refractivity contribution in [3.05, 3.63) is 220 Å². The fourth-order valence-corrected chi connectivity index (χ4v) is 6.78. The Bertz CT molecular complexity index is 2690.